The molecular formula is C26H24N2O5. The van der Waals surface area contributed by atoms with Crippen molar-refractivity contribution in [2.45, 2.75) is 26.5 Å². The van der Waals surface area contributed by atoms with E-state index in [2.05, 4.69) is 10.3 Å². The number of aryl methyl sites for hydroxylation is 1. The quantitative estimate of drug-likeness (QED) is 0.429. The van der Waals surface area contributed by atoms with Gasteiger partial charge in [0, 0.05) is 36.0 Å². The first-order valence-corrected chi connectivity index (χ1v) is 10.5. The van der Waals surface area contributed by atoms with Crippen LogP contribution in [0.1, 0.15) is 18.1 Å². The number of fused-ring (bicyclic) bond motifs is 1. The fraction of sp³-hybridized carbons (Fsp3) is 0.192. The maximum atomic E-state index is 12.5. The van der Waals surface area contributed by atoms with E-state index in [1.54, 1.807) is 39.4 Å². The summed E-state index contributed by atoms with van der Waals surface area (Å²) < 4.78 is 16.6. The molecule has 0 radical (unpaired) electrons. The van der Waals surface area contributed by atoms with Crippen molar-refractivity contribution in [3.63, 3.8) is 0 Å². The van der Waals surface area contributed by atoms with Crippen LogP contribution in [0.2, 0.25) is 0 Å². The van der Waals surface area contributed by atoms with Crippen LogP contribution in [0.3, 0.4) is 0 Å². The summed E-state index contributed by atoms with van der Waals surface area (Å²) in [7, 11) is 1.60. The van der Waals surface area contributed by atoms with Gasteiger partial charge in [-0.15, -0.1) is 0 Å². The Balaban J connectivity index is 1.58. The van der Waals surface area contributed by atoms with Crippen molar-refractivity contribution >= 4 is 16.9 Å². The highest BCUT2D eigenvalue weighted by atomic mass is 16.5. The van der Waals surface area contributed by atoms with E-state index >= 15 is 0 Å². The van der Waals surface area contributed by atoms with Crippen molar-refractivity contribution in [2.75, 3.05) is 7.11 Å². The summed E-state index contributed by atoms with van der Waals surface area (Å²) in [5.74, 6) is 0.946. The first-order valence-electron chi connectivity index (χ1n) is 10.5. The van der Waals surface area contributed by atoms with Crippen molar-refractivity contribution in [1.29, 1.82) is 0 Å². The molecule has 7 nitrogen and oxygen atoms in total. The Labute approximate surface area is 191 Å². The van der Waals surface area contributed by atoms with Crippen LogP contribution in [0.25, 0.3) is 22.1 Å². The van der Waals surface area contributed by atoms with Gasteiger partial charge in [0.1, 0.15) is 17.1 Å². The Morgan fingerprint density at radius 3 is 2.64 bits per heavy atom. The number of ether oxygens (including phenoxy) is 2. The highest BCUT2D eigenvalue weighted by Crippen LogP contribution is 2.34. The number of nitrogens with zero attached hydrogens (tertiary/aromatic N) is 1. The Kier molecular flexibility index (Phi) is 6.40. The minimum atomic E-state index is -0.741. The van der Waals surface area contributed by atoms with E-state index in [0.717, 1.165) is 27.8 Å². The third-order valence-electron chi connectivity index (χ3n) is 5.37. The Bertz CT molecular complexity index is 1330. The van der Waals surface area contributed by atoms with E-state index in [9.17, 15) is 9.59 Å². The van der Waals surface area contributed by atoms with E-state index in [1.807, 2.05) is 42.5 Å². The molecule has 2 aromatic carbocycles. The number of benzene rings is 2. The second-order valence-corrected chi connectivity index (χ2v) is 7.61. The lowest BCUT2D eigenvalue weighted by atomic mass is 10.00. The van der Waals surface area contributed by atoms with Gasteiger partial charge in [0.15, 0.2) is 6.10 Å². The zero-order chi connectivity index (χ0) is 23.4. The average Bonchev–Trinajstić information content (AvgIpc) is 2.84. The van der Waals surface area contributed by atoms with Gasteiger partial charge < -0.3 is 19.2 Å². The summed E-state index contributed by atoms with van der Waals surface area (Å²) in [4.78, 5) is 28.8. The summed E-state index contributed by atoms with van der Waals surface area (Å²) in [5.41, 5.74) is 3.12. The molecule has 2 heterocycles. The van der Waals surface area contributed by atoms with Crippen molar-refractivity contribution in [1.82, 2.24) is 10.3 Å². The lowest BCUT2D eigenvalue weighted by Crippen LogP contribution is -2.36. The van der Waals surface area contributed by atoms with Crippen LogP contribution >= 0.6 is 0 Å². The highest BCUT2D eigenvalue weighted by Gasteiger charge is 2.18. The van der Waals surface area contributed by atoms with Gasteiger partial charge in [-0.2, -0.15) is 0 Å². The first-order chi connectivity index (χ1) is 16.0. The van der Waals surface area contributed by atoms with E-state index in [-0.39, 0.29) is 5.91 Å². The van der Waals surface area contributed by atoms with Crippen molar-refractivity contribution < 1.29 is 18.7 Å². The lowest BCUT2D eigenvalue weighted by Gasteiger charge is -2.17. The van der Waals surface area contributed by atoms with E-state index in [1.165, 1.54) is 6.07 Å². The maximum absolute atomic E-state index is 12.5. The van der Waals surface area contributed by atoms with Gasteiger partial charge in [0.2, 0.25) is 0 Å². The van der Waals surface area contributed by atoms with Gasteiger partial charge in [-0.3, -0.25) is 9.78 Å². The van der Waals surface area contributed by atoms with Gasteiger partial charge in [-0.1, -0.05) is 18.2 Å². The molecule has 0 saturated carbocycles. The number of nitrogens with one attached hydrogen (secondary N) is 1. The summed E-state index contributed by atoms with van der Waals surface area (Å²) in [6.45, 7) is 3.84. The van der Waals surface area contributed by atoms with Crippen LogP contribution < -0.4 is 20.4 Å². The number of carbonyl (C=O) groups excluding carboxylic acids is 1. The fourth-order valence-corrected chi connectivity index (χ4v) is 3.56. The molecule has 0 spiro atoms. The second-order valence-electron chi connectivity index (χ2n) is 7.61. The molecule has 2 aromatic heterocycles. The number of amides is 1. The topological polar surface area (TPSA) is 90.7 Å². The molecule has 0 saturated heterocycles. The predicted molar refractivity (Wildman–Crippen MR) is 125 cm³/mol. The predicted octanol–water partition coefficient (Wildman–Crippen LogP) is 4.26. The number of rotatable bonds is 7. The normalized spacial score (nSPS) is 11.7. The molecule has 7 heteroatoms. The number of hydrogen-bond acceptors (Lipinski definition) is 6. The zero-order valence-corrected chi connectivity index (χ0v) is 18.6. The minimum absolute atomic E-state index is 0.258. The molecule has 33 heavy (non-hydrogen) atoms. The Morgan fingerprint density at radius 2 is 1.94 bits per heavy atom. The van der Waals surface area contributed by atoms with E-state index in [4.69, 9.17) is 13.9 Å². The van der Waals surface area contributed by atoms with Crippen LogP contribution in [-0.2, 0) is 11.3 Å². The first kappa shape index (κ1) is 22.1. The molecule has 168 valence electrons. The van der Waals surface area contributed by atoms with Crippen molar-refractivity contribution in [3.05, 3.63) is 88.5 Å². The standard InChI is InChI=1S/C26H24N2O5/c1-16-23(32-17(2)26(30)28-15-18-5-4-12-27-14-18)11-10-21-22(13-24(29)33-25(16)21)19-6-8-20(31-3)9-7-19/h4-14,17H,15H2,1-3H3,(H,28,30)/t17-/m0/s1. The monoisotopic (exact) mass is 444 g/mol. The molecule has 0 bridgehead atoms. The molecule has 1 N–H and O–H groups in total. The molecular weight excluding hydrogens is 420 g/mol. The highest BCUT2D eigenvalue weighted by molar-refractivity contribution is 5.95. The smallest absolute Gasteiger partial charge is 0.336 e. The molecule has 0 aliphatic carbocycles. The summed E-state index contributed by atoms with van der Waals surface area (Å²) >= 11 is 0. The fourth-order valence-electron chi connectivity index (χ4n) is 3.56. The molecule has 0 aliphatic heterocycles. The zero-order valence-electron chi connectivity index (χ0n) is 18.6. The molecule has 1 atom stereocenters. The molecule has 4 aromatic rings. The summed E-state index contributed by atoms with van der Waals surface area (Å²) in [6.07, 6.45) is 2.63. The minimum Gasteiger partial charge on any atom is -0.497 e. The van der Waals surface area contributed by atoms with Gasteiger partial charge in [0.05, 0.1) is 7.11 Å². The van der Waals surface area contributed by atoms with Crippen molar-refractivity contribution in [3.8, 4) is 22.6 Å². The van der Waals surface area contributed by atoms with Gasteiger partial charge >= 0.3 is 5.63 Å². The largest absolute Gasteiger partial charge is 0.497 e. The van der Waals surface area contributed by atoms with Crippen LogP contribution in [0.5, 0.6) is 11.5 Å². The SMILES string of the molecule is COc1ccc(-c2cc(=O)oc3c(C)c(O[C@@H](C)C(=O)NCc4cccnc4)ccc23)cc1. The molecule has 0 aliphatic rings. The molecule has 4 rings (SSSR count). The number of hydrogen-bond donors (Lipinski definition) is 1. The van der Waals surface area contributed by atoms with Crippen LogP contribution in [0.4, 0.5) is 0 Å². The third-order valence-corrected chi connectivity index (χ3v) is 5.37. The number of methoxy groups -OCH3 is 1. The molecule has 0 unspecified atom stereocenters. The number of aromatic nitrogens is 1. The van der Waals surface area contributed by atoms with Crippen LogP contribution in [0, 0.1) is 6.92 Å². The van der Waals surface area contributed by atoms with Gasteiger partial charge in [0.25, 0.3) is 5.91 Å². The lowest BCUT2D eigenvalue weighted by molar-refractivity contribution is -0.127. The van der Waals surface area contributed by atoms with Gasteiger partial charge in [-0.25, -0.2) is 4.79 Å². The molecule has 0 fully saturated rings. The van der Waals surface area contributed by atoms with E-state index < -0.39 is 11.7 Å². The summed E-state index contributed by atoms with van der Waals surface area (Å²) in [5, 5.41) is 3.61. The van der Waals surface area contributed by atoms with Crippen LogP contribution in [0.15, 0.2) is 76.2 Å². The number of carbonyl (C=O) groups is 1. The maximum Gasteiger partial charge on any atom is 0.336 e. The third kappa shape index (κ3) is 4.87. The Hall–Kier alpha value is -4.13. The van der Waals surface area contributed by atoms with E-state index in [0.29, 0.717) is 23.4 Å². The summed E-state index contributed by atoms with van der Waals surface area (Å²) in [6, 6.07) is 16.2. The van der Waals surface area contributed by atoms with Gasteiger partial charge in [-0.05, 0) is 60.9 Å². The number of pyridine rings is 1. The average molecular weight is 444 g/mol. The van der Waals surface area contributed by atoms with Crippen LogP contribution in [-0.4, -0.2) is 24.1 Å². The second kappa shape index (κ2) is 9.56. The Morgan fingerprint density at radius 1 is 1.15 bits per heavy atom. The molecule has 1 amide bonds. The van der Waals surface area contributed by atoms with Crippen molar-refractivity contribution in [2.24, 2.45) is 0 Å².